The zero-order chi connectivity index (χ0) is 13.0. The highest BCUT2D eigenvalue weighted by molar-refractivity contribution is 5.82. The molecule has 1 aliphatic heterocycles. The van der Waals surface area contributed by atoms with Crippen molar-refractivity contribution in [3.05, 3.63) is 0 Å². The van der Waals surface area contributed by atoms with Gasteiger partial charge in [-0.1, -0.05) is 39.0 Å². The van der Waals surface area contributed by atoms with Gasteiger partial charge in [-0.05, 0) is 25.7 Å². The van der Waals surface area contributed by atoms with Gasteiger partial charge >= 0.3 is 0 Å². The Kier molecular flexibility index (Phi) is 4.66. The Morgan fingerprint density at radius 3 is 2.50 bits per heavy atom. The number of nitrogens with zero attached hydrogens (tertiary/aromatic N) is 1. The minimum atomic E-state index is -0.157. The van der Waals surface area contributed by atoms with Gasteiger partial charge in [0.2, 0.25) is 5.91 Å². The summed E-state index contributed by atoms with van der Waals surface area (Å²) in [5.74, 6) is 0.308. The van der Waals surface area contributed by atoms with E-state index >= 15 is 0 Å². The number of carbonyl (C=O) groups excluding carboxylic acids is 1. The molecule has 0 radical (unpaired) electrons. The average Bonchev–Trinajstić information content (AvgIpc) is 2.63. The fraction of sp³-hybridized carbons (Fsp3) is 0.933. The number of hydrogen-bond acceptors (Lipinski definition) is 2. The third kappa shape index (κ3) is 2.87. The first-order valence-corrected chi connectivity index (χ1v) is 7.59. The van der Waals surface area contributed by atoms with Crippen molar-refractivity contribution in [2.75, 3.05) is 13.2 Å². The number of rotatable bonds is 2. The maximum atomic E-state index is 12.8. The number of aliphatic hydroxyl groups is 1. The Hall–Kier alpha value is -0.570. The molecule has 0 bridgehead atoms. The van der Waals surface area contributed by atoms with Gasteiger partial charge in [-0.2, -0.15) is 0 Å². The Balaban J connectivity index is 2.09. The fourth-order valence-electron chi connectivity index (χ4n) is 3.53. The van der Waals surface area contributed by atoms with Gasteiger partial charge < -0.3 is 10.0 Å². The van der Waals surface area contributed by atoms with Gasteiger partial charge in [-0.3, -0.25) is 4.79 Å². The maximum absolute atomic E-state index is 12.8. The molecule has 18 heavy (non-hydrogen) atoms. The molecule has 104 valence electrons. The molecule has 1 atom stereocenters. The van der Waals surface area contributed by atoms with E-state index in [9.17, 15) is 9.90 Å². The fourth-order valence-corrected chi connectivity index (χ4v) is 3.53. The summed E-state index contributed by atoms with van der Waals surface area (Å²) in [4.78, 5) is 14.8. The molecule has 1 unspecified atom stereocenters. The van der Waals surface area contributed by atoms with Gasteiger partial charge in [-0.25, -0.2) is 0 Å². The quantitative estimate of drug-likeness (QED) is 0.822. The van der Waals surface area contributed by atoms with Crippen molar-refractivity contribution >= 4 is 5.91 Å². The van der Waals surface area contributed by atoms with Crippen LogP contribution in [0.25, 0.3) is 0 Å². The topological polar surface area (TPSA) is 40.5 Å². The second kappa shape index (κ2) is 6.05. The molecule has 2 rings (SSSR count). The van der Waals surface area contributed by atoms with Crippen LogP contribution in [0, 0.1) is 5.41 Å². The van der Waals surface area contributed by atoms with Crippen molar-refractivity contribution in [3.63, 3.8) is 0 Å². The smallest absolute Gasteiger partial charge is 0.228 e. The number of hydrogen-bond donors (Lipinski definition) is 1. The van der Waals surface area contributed by atoms with Crippen molar-refractivity contribution in [1.82, 2.24) is 4.90 Å². The summed E-state index contributed by atoms with van der Waals surface area (Å²) in [6, 6.07) is 0.0683. The first kappa shape index (κ1) is 13.9. The number of carbonyl (C=O) groups is 1. The first-order chi connectivity index (χ1) is 8.67. The van der Waals surface area contributed by atoms with Gasteiger partial charge in [0.1, 0.15) is 0 Å². The molecular weight excluding hydrogens is 226 g/mol. The van der Waals surface area contributed by atoms with Crippen molar-refractivity contribution in [2.45, 2.75) is 70.8 Å². The third-order valence-corrected chi connectivity index (χ3v) is 4.82. The van der Waals surface area contributed by atoms with Crippen LogP contribution in [0.4, 0.5) is 0 Å². The van der Waals surface area contributed by atoms with Crippen LogP contribution in [0.2, 0.25) is 0 Å². The van der Waals surface area contributed by atoms with Crippen LogP contribution in [0.15, 0.2) is 0 Å². The molecule has 1 amide bonds. The lowest BCUT2D eigenvalue weighted by atomic mass is 9.74. The van der Waals surface area contributed by atoms with E-state index in [0.717, 1.165) is 38.6 Å². The lowest BCUT2D eigenvalue weighted by Gasteiger charge is -2.39. The van der Waals surface area contributed by atoms with E-state index in [0.29, 0.717) is 5.91 Å². The summed E-state index contributed by atoms with van der Waals surface area (Å²) < 4.78 is 0. The summed E-state index contributed by atoms with van der Waals surface area (Å²) >= 11 is 0. The molecule has 1 saturated heterocycles. The maximum Gasteiger partial charge on any atom is 0.228 e. The van der Waals surface area contributed by atoms with Crippen molar-refractivity contribution in [2.24, 2.45) is 5.41 Å². The van der Waals surface area contributed by atoms with E-state index in [2.05, 4.69) is 6.92 Å². The third-order valence-electron chi connectivity index (χ3n) is 4.82. The summed E-state index contributed by atoms with van der Waals surface area (Å²) in [5.41, 5.74) is -0.157. The summed E-state index contributed by atoms with van der Waals surface area (Å²) in [6.07, 6.45) is 10.1. The first-order valence-electron chi connectivity index (χ1n) is 7.59. The summed E-state index contributed by atoms with van der Waals surface area (Å²) in [6.45, 7) is 3.11. The molecular formula is C15H27NO2. The van der Waals surface area contributed by atoms with Crippen LogP contribution in [-0.4, -0.2) is 35.1 Å². The molecule has 1 saturated carbocycles. The van der Waals surface area contributed by atoms with E-state index in [1.165, 1.54) is 25.7 Å². The van der Waals surface area contributed by atoms with Gasteiger partial charge in [0.25, 0.3) is 0 Å². The second-order valence-corrected chi connectivity index (χ2v) is 6.31. The highest BCUT2D eigenvalue weighted by Gasteiger charge is 2.39. The van der Waals surface area contributed by atoms with E-state index in [-0.39, 0.29) is 18.1 Å². The highest BCUT2D eigenvalue weighted by Crippen LogP contribution is 2.38. The van der Waals surface area contributed by atoms with E-state index in [4.69, 9.17) is 0 Å². The van der Waals surface area contributed by atoms with Gasteiger partial charge in [0.15, 0.2) is 0 Å². The van der Waals surface area contributed by atoms with Crippen molar-refractivity contribution in [1.29, 1.82) is 0 Å². The number of aliphatic hydroxyl groups excluding tert-OH is 1. The summed E-state index contributed by atoms with van der Waals surface area (Å²) in [5, 5.41) is 9.52. The Morgan fingerprint density at radius 1 is 1.17 bits per heavy atom. The Labute approximate surface area is 111 Å². The van der Waals surface area contributed by atoms with Crippen LogP contribution in [0.3, 0.4) is 0 Å². The lowest BCUT2D eigenvalue weighted by molar-refractivity contribution is -0.146. The predicted octanol–water partition coefficient (Wildman–Crippen LogP) is 2.72. The van der Waals surface area contributed by atoms with Gasteiger partial charge in [0, 0.05) is 12.0 Å². The molecule has 0 aromatic heterocycles. The number of likely N-dealkylation sites (tertiary alicyclic amines) is 1. The zero-order valence-electron chi connectivity index (χ0n) is 11.7. The van der Waals surface area contributed by atoms with Crippen molar-refractivity contribution in [3.8, 4) is 0 Å². The van der Waals surface area contributed by atoms with Crippen LogP contribution < -0.4 is 0 Å². The zero-order valence-corrected chi connectivity index (χ0v) is 11.7. The van der Waals surface area contributed by atoms with Crippen LogP contribution in [-0.2, 0) is 4.79 Å². The van der Waals surface area contributed by atoms with Crippen LogP contribution >= 0.6 is 0 Å². The second-order valence-electron chi connectivity index (χ2n) is 6.31. The van der Waals surface area contributed by atoms with Gasteiger partial charge in [-0.15, -0.1) is 0 Å². The normalized spacial score (nSPS) is 28.8. The molecule has 2 aliphatic rings. The predicted molar refractivity (Wildman–Crippen MR) is 72.2 cm³/mol. The number of amides is 1. The molecule has 3 heteroatoms. The Morgan fingerprint density at radius 2 is 1.83 bits per heavy atom. The van der Waals surface area contributed by atoms with Crippen LogP contribution in [0.5, 0.6) is 0 Å². The molecule has 1 N–H and O–H groups in total. The van der Waals surface area contributed by atoms with Crippen molar-refractivity contribution < 1.29 is 9.90 Å². The monoisotopic (exact) mass is 253 g/mol. The average molecular weight is 253 g/mol. The largest absolute Gasteiger partial charge is 0.394 e. The highest BCUT2D eigenvalue weighted by atomic mass is 16.3. The molecule has 2 fully saturated rings. The molecule has 3 nitrogen and oxygen atoms in total. The van der Waals surface area contributed by atoms with Gasteiger partial charge in [0.05, 0.1) is 12.6 Å². The van der Waals surface area contributed by atoms with Crippen LogP contribution in [0.1, 0.15) is 64.7 Å². The standard InChI is InChI=1S/C15H27NO2/c1-15(9-5-3-6-10-15)14(18)16-11-7-2-4-8-13(16)12-17/h13,17H,2-12H2,1H3. The lowest BCUT2D eigenvalue weighted by Crippen LogP contribution is -2.49. The molecule has 0 spiro atoms. The van der Waals surface area contributed by atoms with E-state index in [1.54, 1.807) is 0 Å². The molecule has 1 aliphatic carbocycles. The minimum absolute atomic E-state index is 0.0683. The minimum Gasteiger partial charge on any atom is -0.394 e. The SMILES string of the molecule is CC1(C(=O)N2CCCCCC2CO)CCCCC1. The molecule has 0 aromatic rings. The summed E-state index contributed by atoms with van der Waals surface area (Å²) in [7, 11) is 0. The van der Waals surface area contributed by atoms with E-state index in [1.807, 2.05) is 4.90 Å². The Bertz CT molecular complexity index is 284. The molecule has 0 aromatic carbocycles. The molecule has 1 heterocycles. The van der Waals surface area contributed by atoms with E-state index < -0.39 is 0 Å².